The van der Waals surface area contributed by atoms with Crippen molar-refractivity contribution in [3.8, 4) is 11.8 Å². The van der Waals surface area contributed by atoms with Gasteiger partial charge in [-0.15, -0.1) is 0 Å². The Bertz CT molecular complexity index is 3220. The van der Waals surface area contributed by atoms with Crippen molar-refractivity contribution < 1.29 is 61.0 Å². The number of likely N-dealkylation sites (N-methyl/N-ethyl adjacent to an activating group) is 2. The topological polar surface area (TPSA) is 329 Å². The van der Waals surface area contributed by atoms with Crippen molar-refractivity contribution in [2.24, 2.45) is 53.1 Å². The number of nitrogens with two attached hydrogens (primary N) is 1. The first-order valence-corrected chi connectivity index (χ1v) is 35.5. The predicted molar refractivity (Wildman–Crippen MR) is 367 cm³/mol. The number of methoxy groups -OCH3 is 2. The number of primary amides is 1. The van der Waals surface area contributed by atoms with Gasteiger partial charge >= 0.3 is 6.03 Å². The molecule has 0 radical (unpaired) electrons. The molecule has 2 aromatic heterocycles. The number of likely N-dealkylation sites (tertiary alicyclic amines) is 1. The molecule has 530 valence electrons. The quantitative estimate of drug-likeness (QED) is 0.0223. The van der Waals surface area contributed by atoms with Crippen molar-refractivity contribution >= 4 is 68.4 Å². The van der Waals surface area contributed by atoms with Gasteiger partial charge in [0.1, 0.15) is 5.78 Å². The van der Waals surface area contributed by atoms with Crippen molar-refractivity contribution in [1.29, 1.82) is 0 Å². The molecule has 1 fully saturated rings. The summed E-state index contributed by atoms with van der Waals surface area (Å²) in [6, 6.07) is 9.22. The van der Waals surface area contributed by atoms with Gasteiger partial charge in [0.2, 0.25) is 44.5 Å². The smallest absolute Gasteiger partial charge is 0.312 e. The molecule has 7 amide bonds. The maximum atomic E-state index is 14.7. The van der Waals surface area contributed by atoms with E-state index in [-0.39, 0.29) is 134 Å². The highest BCUT2D eigenvalue weighted by molar-refractivity contribution is 7.90. The number of amides is 7. The Hall–Kier alpha value is -7.53. The molecule has 0 bridgehead atoms. The van der Waals surface area contributed by atoms with E-state index in [9.17, 15) is 51.6 Å². The van der Waals surface area contributed by atoms with Crippen LogP contribution < -0.4 is 27.0 Å². The number of benzene rings is 1. The van der Waals surface area contributed by atoms with E-state index in [1.807, 2.05) is 66.6 Å². The Labute approximate surface area is 569 Å². The Balaban J connectivity index is 1.43. The largest absolute Gasteiger partial charge is 0.379 e. The molecule has 4 rings (SSSR count). The number of unbranched alkanes of at least 4 members (excludes halogenated alkanes) is 1. The normalized spacial score (nSPS) is 16.4. The van der Waals surface area contributed by atoms with Crippen molar-refractivity contribution in [1.82, 2.24) is 45.6 Å². The zero-order valence-electron chi connectivity index (χ0n) is 59.1. The predicted octanol–water partition coefficient (Wildman–Crippen LogP) is 6.77. The number of urea groups is 1. The lowest BCUT2D eigenvalue weighted by Crippen LogP contribution is -2.54. The second-order valence-electron chi connectivity index (χ2n) is 26.8. The number of hydrogen-bond donors (Lipinski definition) is 5. The van der Waals surface area contributed by atoms with Crippen LogP contribution in [0, 0.1) is 59.2 Å². The third kappa shape index (κ3) is 25.2. The van der Waals surface area contributed by atoms with Gasteiger partial charge in [-0.1, -0.05) is 98.8 Å². The number of rotatable bonds is 40. The molecule has 0 unspecified atom stereocenters. The van der Waals surface area contributed by atoms with Crippen LogP contribution in [0.2, 0.25) is 0 Å². The Morgan fingerprint density at radius 2 is 1.44 bits per heavy atom. The van der Waals surface area contributed by atoms with E-state index in [1.54, 1.807) is 87.3 Å². The number of pyridine rings is 1. The zero-order valence-corrected chi connectivity index (χ0v) is 60.0. The van der Waals surface area contributed by atoms with Gasteiger partial charge in [-0.3, -0.25) is 48.2 Å². The summed E-state index contributed by atoms with van der Waals surface area (Å²) in [6.45, 7) is 18.0. The summed E-state index contributed by atoms with van der Waals surface area (Å²) in [4.78, 5) is 142. The van der Waals surface area contributed by atoms with Crippen LogP contribution in [0.25, 0.3) is 0 Å². The highest BCUT2D eigenvalue weighted by Crippen LogP contribution is 2.32. The molecule has 24 nitrogen and oxygen atoms in total. The molecular formula is C71H107N11O13S. The van der Waals surface area contributed by atoms with Crippen LogP contribution in [0.15, 0.2) is 66.2 Å². The Morgan fingerprint density at radius 3 is 2.00 bits per heavy atom. The molecular weight excluding hydrogens is 1250 g/mol. The summed E-state index contributed by atoms with van der Waals surface area (Å²) in [5, 5.41) is 10.9. The molecule has 3 heterocycles. The maximum absolute atomic E-state index is 14.7. The molecule has 0 saturated carbocycles. The van der Waals surface area contributed by atoms with Gasteiger partial charge in [-0.2, -0.15) is 0 Å². The van der Waals surface area contributed by atoms with Gasteiger partial charge < -0.3 is 46.3 Å². The number of nitrogens with zero attached hydrogens (tertiary/aromatic N) is 6. The highest BCUT2D eigenvalue weighted by atomic mass is 32.2. The van der Waals surface area contributed by atoms with Crippen LogP contribution in [0.1, 0.15) is 156 Å². The van der Waals surface area contributed by atoms with Crippen LogP contribution in [0.3, 0.4) is 0 Å². The summed E-state index contributed by atoms with van der Waals surface area (Å²) in [6.07, 6.45) is 6.91. The molecule has 1 aromatic carbocycles. The molecule has 1 aliphatic heterocycles. The van der Waals surface area contributed by atoms with E-state index in [0.717, 1.165) is 6.26 Å². The number of carbonyl (C=O) groups is 9. The zero-order chi connectivity index (χ0) is 71.6. The lowest BCUT2D eigenvalue weighted by atomic mass is 9.83. The van der Waals surface area contributed by atoms with Crippen molar-refractivity contribution in [2.45, 2.75) is 194 Å². The number of hydrogen-bond acceptors (Lipinski definition) is 17. The van der Waals surface area contributed by atoms with Crippen LogP contribution >= 0.6 is 0 Å². The van der Waals surface area contributed by atoms with Gasteiger partial charge in [0.25, 0.3) is 0 Å². The number of carbonyl (C=O) groups excluding carboxylic acids is 9. The van der Waals surface area contributed by atoms with E-state index < -0.39 is 75.8 Å². The summed E-state index contributed by atoms with van der Waals surface area (Å²) in [5.41, 5.74) is 7.40. The third-order valence-electron chi connectivity index (χ3n) is 18.2. The van der Waals surface area contributed by atoms with Crippen molar-refractivity contribution in [2.75, 3.05) is 60.0 Å². The van der Waals surface area contributed by atoms with E-state index >= 15 is 0 Å². The molecule has 0 spiro atoms. The maximum Gasteiger partial charge on any atom is 0.312 e. The van der Waals surface area contributed by atoms with Gasteiger partial charge in [0.15, 0.2) is 11.6 Å². The van der Waals surface area contributed by atoms with Gasteiger partial charge in [-0.25, -0.2) is 23.2 Å². The molecule has 0 aliphatic carbocycles. The summed E-state index contributed by atoms with van der Waals surface area (Å²) in [7, 11) is 5.01. The number of ether oxygens (including phenoxy) is 2. The third-order valence-corrected chi connectivity index (χ3v) is 19.1. The lowest BCUT2D eigenvalue weighted by molar-refractivity contribution is -0.149. The minimum absolute atomic E-state index is 0.00884. The fraction of sp³-hybridized carbons (Fsp3) is 0.634. The molecule has 1 aliphatic rings. The van der Waals surface area contributed by atoms with Gasteiger partial charge in [-0.05, 0) is 99.7 Å². The first-order valence-electron chi connectivity index (χ1n) is 33.6. The van der Waals surface area contributed by atoms with Crippen molar-refractivity contribution in [3.63, 3.8) is 0 Å². The Morgan fingerprint density at radius 1 is 0.771 bits per heavy atom. The van der Waals surface area contributed by atoms with Crippen LogP contribution in [0.4, 0.5) is 10.5 Å². The fourth-order valence-corrected chi connectivity index (χ4v) is 13.2. The second-order valence-corrected chi connectivity index (χ2v) is 28.7. The number of sulfone groups is 1. The van der Waals surface area contributed by atoms with E-state index in [1.165, 1.54) is 19.5 Å². The Kier molecular flexibility index (Phi) is 33.4. The molecule has 25 heteroatoms. The number of anilines is 1. The average Bonchev–Trinajstić information content (AvgIpc) is 1.89. The van der Waals surface area contributed by atoms with E-state index in [0.29, 0.717) is 67.6 Å². The SMILES string of the molecule is CC[C@H](C)[C@@H]([C@@H](CC(=O)N1CCC[C@H]1[C@H](OC)[C@@H](C)C(=O)C[C@@H](Cc1ccccn1)C(=O)NCc1ccc(NC(=O)[C@H](CCCNC(N)=O)CC(=O)[C@@H](NC(=O)CCCC#Cc2cnc(S(C)(=O)=O)nc2)C(C)C)cc1)OC)N(C)C(=O)[C@@H](CC(=O)[C@H](C(C)C)N(C)C)C(C)C. The minimum atomic E-state index is -3.56. The van der Waals surface area contributed by atoms with E-state index in [4.69, 9.17) is 15.2 Å². The molecule has 96 heavy (non-hydrogen) atoms. The molecule has 6 N–H and O–H groups in total. The average molecular weight is 1350 g/mol. The van der Waals surface area contributed by atoms with E-state index in [2.05, 4.69) is 48.1 Å². The number of aromatic nitrogens is 3. The van der Waals surface area contributed by atoms with Gasteiger partial charge in [0, 0.05) is 133 Å². The number of Topliss-reactive ketones (excluding diaryl/α,β-unsaturated/α-hetero) is 3. The van der Waals surface area contributed by atoms with Crippen LogP contribution in [0.5, 0.6) is 0 Å². The number of ketones is 3. The molecule has 1 saturated heterocycles. The molecule has 3 aromatic rings. The lowest BCUT2D eigenvalue weighted by Gasteiger charge is -2.41. The van der Waals surface area contributed by atoms with Crippen LogP contribution in [-0.4, -0.2) is 182 Å². The van der Waals surface area contributed by atoms with Crippen molar-refractivity contribution in [3.05, 3.63) is 77.9 Å². The first-order chi connectivity index (χ1) is 45.3. The number of nitrogens with one attached hydrogen (secondary N) is 4. The highest BCUT2D eigenvalue weighted by Gasteiger charge is 2.44. The summed E-state index contributed by atoms with van der Waals surface area (Å²) in [5.74, 6) is 0.128. The summed E-state index contributed by atoms with van der Waals surface area (Å²) >= 11 is 0. The molecule has 11 atom stereocenters. The monoisotopic (exact) mass is 1350 g/mol. The minimum Gasteiger partial charge on any atom is -0.379 e. The standard InChI is InChI=1S/C71H107N11O13S/c1-16-47(8)65(81(12)69(90)55(44(2)3)39-59(85)64(46(6)7)80(10)11)60(94-13)40-62(87)82-35-23-27-56(82)66(95-14)48(9)57(83)38-52(36-54-26-20-21-33-73-54)67(88)75-41-49-29-31-53(32-30-49)78-68(89)51(25-22-34-74-70(72)91)37-58(84)63(45(4)5)79-61(86)28-19-17-18-24-50-42-76-71(77-43-50)96(15,92)93/h20-21,26,29-33,42-48,51-52,55-56,60,63-66H,16-17,19,22-23,25,27-28,34-41H2,1-15H3,(H,75,88)(H,78,89)(H,79,86)(H3,72,74,91)/t47-,48-,51+,52+,55-,56-,60+,63-,64-,65-,66+/m0/s1. The first kappa shape index (κ1) is 80.9. The van der Waals surface area contributed by atoms with Crippen LogP contribution in [-0.2, 0) is 70.6 Å². The summed E-state index contributed by atoms with van der Waals surface area (Å²) < 4.78 is 35.6. The van der Waals surface area contributed by atoms with Gasteiger partial charge in [0.05, 0.1) is 54.3 Å². The fourth-order valence-electron chi connectivity index (χ4n) is 12.7. The second kappa shape index (κ2) is 39.6.